The van der Waals surface area contributed by atoms with Crippen molar-refractivity contribution in [3.05, 3.63) is 51.4 Å². The molecule has 6 heteroatoms. The molecule has 2 rings (SSSR count). The topological polar surface area (TPSA) is 50.5 Å². The first kappa shape index (κ1) is 16.3. The lowest BCUT2D eigenvalue weighted by atomic mass is 10.1. The van der Waals surface area contributed by atoms with Gasteiger partial charge in [-0.3, -0.25) is 0 Å². The predicted molar refractivity (Wildman–Crippen MR) is 85.7 cm³/mol. The maximum Gasteiger partial charge on any atom is 0.243 e. The summed E-state index contributed by atoms with van der Waals surface area (Å²) < 4.78 is 32.8. The van der Waals surface area contributed by atoms with Gasteiger partial charge in [0.15, 0.2) is 4.67 Å². The molecule has 0 N–H and O–H groups in total. The van der Waals surface area contributed by atoms with Crippen molar-refractivity contribution in [2.24, 2.45) is 0 Å². The number of furan rings is 1. The van der Waals surface area contributed by atoms with Crippen LogP contribution in [0.4, 0.5) is 0 Å². The van der Waals surface area contributed by atoms with Crippen LogP contribution in [0.2, 0.25) is 0 Å². The first-order valence-electron chi connectivity index (χ1n) is 6.50. The van der Waals surface area contributed by atoms with Gasteiger partial charge < -0.3 is 4.42 Å². The molecule has 0 bridgehead atoms. The number of hydrogen-bond donors (Lipinski definition) is 0. The zero-order valence-corrected chi connectivity index (χ0v) is 14.9. The van der Waals surface area contributed by atoms with Crippen molar-refractivity contribution in [1.29, 1.82) is 0 Å². The second-order valence-electron chi connectivity index (χ2n) is 5.19. The smallest absolute Gasteiger partial charge is 0.243 e. The third kappa shape index (κ3) is 3.39. The van der Waals surface area contributed by atoms with Gasteiger partial charge in [0.25, 0.3) is 0 Å². The monoisotopic (exact) mass is 371 g/mol. The van der Waals surface area contributed by atoms with Gasteiger partial charge in [-0.15, -0.1) is 0 Å². The highest BCUT2D eigenvalue weighted by Gasteiger charge is 2.25. The maximum absolute atomic E-state index is 12.8. The fourth-order valence-corrected chi connectivity index (χ4v) is 4.35. The van der Waals surface area contributed by atoms with E-state index in [9.17, 15) is 8.42 Å². The molecule has 2 aromatic rings. The zero-order valence-electron chi connectivity index (χ0n) is 12.5. The largest absolute Gasteiger partial charge is 0.453 e. The molecule has 0 aliphatic heterocycles. The summed E-state index contributed by atoms with van der Waals surface area (Å²) in [5.74, 6) is 0.593. The van der Waals surface area contributed by atoms with E-state index in [0.29, 0.717) is 15.3 Å². The second-order valence-corrected chi connectivity index (χ2v) is 7.96. The van der Waals surface area contributed by atoms with Crippen molar-refractivity contribution >= 4 is 26.0 Å². The Labute approximate surface area is 133 Å². The van der Waals surface area contributed by atoms with Gasteiger partial charge in [0.05, 0.1) is 11.4 Å². The lowest BCUT2D eigenvalue weighted by Crippen LogP contribution is -2.27. The summed E-state index contributed by atoms with van der Waals surface area (Å²) in [7, 11) is -1.99. The SMILES string of the molecule is Cc1cc(C)c(S(=O)(=O)N(C)Cc2ccc(Br)o2)c(C)c1. The molecule has 0 aliphatic rings. The molecule has 0 radical (unpaired) electrons. The van der Waals surface area contributed by atoms with E-state index < -0.39 is 10.0 Å². The Morgan fingerprint density at radius 2 is 1.71 bits per heavy atom. The van der Waals surface area contributed by atoms with E-state index in [0.717, 1.165) is 16.7 Å². The number of nitrogens with zero attached hydrogens (tertiary/aromatic N) is 1. The molecule has 1 heterocycles. The first-order valence-corrected chi connectivity index (χ1v) is 8.73. The van der Waals surface area contributed by atoms with Crippen LogP contribution in [0.15, 0.2) is 38.2 Å². The highest BCUT2D eigenvalue weighted by atomic mass is 79.9. The molecule has 1 aromatic carbocycles. The normalized spacial score (nSPS) is 12.1. The minimum absolute atomic E-state index is 0.195. The van der Waals surface area contributed by atoms with Gasteiger partial charge >= 0.3 is 0 Å². The Hall–Kier alpha value is -1.11. The molecule has 21 heavy (non-hydrogen) atoms. The van der Waals surface area contributed by atoms with E-state index in [2.05, 4.69) is 15.9 Å². The lowest BCUT2D eigenvalue weighted by molar-refractivity contribution is 0.398. The van der Waals surface area contributed by atoms with Crippen LogP contribution in [0.1, 0.15) is 22.5 Å². The molecule has 0 fully saturated rings. The number of benzene rings is 1. The van der Waals surface area contributed by atoms with Crippen molar-refractivity contribution in [2.75, 3.05) is 7.05 Å². The molecule has 4 nitrogen and oxygen atoms in total. The van der Waals surface area contributed by atoms with Gasteiger partial charge in [0.1, 0.15) is 5.76 Å². The van der Waals surface area contributed by atoms with E-state index in [1.807, 2.05) is 32.9 Å². The number of aryl methyl sites for hydroxylation is 3. The third-order valence-corrected chi connectivity index (χ3v) is 5.82. The Balaban J connectivity index is 2.38. The number of sulfonamides is 1. The molecular formula is C15H18BrNO3S. The first-order chi connectivity index (χ1) is 9.71. The van der Waals surface area contributed by atoms with E-state index in [1.54, 1.807) is 19.2 Å². The average molecular weight is 372 g/mol. The van der Waals surface area contributed by atoms with Gasteiger partial charge in [-0.1, -0.05) is 17.7 Å². The fourth-order valence-electron chi connectivity index (χ4n) is 2.47. The Morgan fingerprint density at radius 1 is 1.14 bits per heavy atom. The van der Waals surface area contributed by atoms with Crippen LogP contribution in [0.5, 0.6) is 0 Å². The molecule has 1 aromatic heterocycles. The minimum Gasteiger partial charge on any atom is -0.453 e. The molecule has 0 amide bonds. The molecule has 0 aliphatic carbocycles. The standard InChI is InChI=1S/C15H18BrNO3S/c1-10-7-11(2)15(12(3)8-10)21(18,19)17(4)9-13-5-6-14(16)20-13/h5-8H,9H2,1-4H3. The van der Waals surface area contributed by atoms with Crippen molar-refractivity contribution in [2.45, 2.75) is 32.2 Å². The van der Waals surface area contributed by atoms with Crippen molar-refractivity contribution in [3.8, 4) is 0 Å². The summed E-state index contributed by atoms with van der Waals surface area (Å²) in [6.45, 7) is 5.80. The minimum atomic E-state index is -3.55. The van der Waals surface area contributed by atoms with Gasteiger partial charge in [-0.05, 0) is 60.0 Å². The van der Waals surface area contributed by atoms with Gasteiger partial charge in [0, 0.05) is 7.05 Å². The molecule has 0 saturated heterocycles. The summed E-state index contributed by atoms with van der Waals surface area (Å²) in [5, 5.41) is 0. The van der Waals surface area contributed by atoms with Crippen LogP contribution >= 0.6 is 15.9 Å². The van der Waals surface area contributed by atoms with Crippen molar-refractivity contribution in [1.82, 2.24) is 4.31 Å². The van der Waals surface area contributed by atoms with E-state index >= 15 is 0 Å². The third-order valence-electron chi connectivity index (χ3n) is 3.28. The van der Waals surface area contributed by atoms with Gasteiger partial charge in [-0.2, -0.15) is 4.31 Å². The van der Waals surface area contributed by atoms with Crippen LogP contribution in [-0.4, -0.2) is 19.8 Å². The summed E-state index contributed by atoms with van der Waals surface area (Å²) >= 11 is 3.21. The summed E-state index contributed by atoms with van der Waals surface area (Å²) in [5.41, 5.74) is 2.58. The Kier molecular flexibility index (Phi) is 4.60. The predicted octanol–water partition coefficient (Wildman–Crippen LogP) is 3.79. The van der Waals surface area contributed by atoms with Crippen LogP contribution in [0.25, 0.3) is 0 Å². The van der Waals surface area contributed by atoms with Gasteiger partial charge in [-0.25, -0.2) is 8.42 Å². The van der Waals surface area contributed by atoms with Gasteiger partial charge in [0.2, 0.25) is 10.0 Å². The summed E-state index contributed by atoms with van der Waals surface area (Å²) in [6.07, 6.45) is 0. The molecule has 114 valence electrons. The van der Waals surface area contributed by atoms with Crippen molar-refractivity contribution < 1.29 is 12.8 Å². The Bertz CT molecular complexity index is 742. The maximum atomic E-state index is 12.8. The number of hydrogen-bond acceptors (Lipinski definition) is 3. The zero-order chi connectivity index (χ0) is 15.8. The molecule has 0 spiro atoms. The lowest BCUT2D eigenvalue weighted by Gasteiger charge is -2.19. The van der Waals surface area contributed by atoms with E-state index in [4.69, 9.17) is 4.42 Å². The van der Waals surface area contributed by atoms with Crippen LogP contribution in [-0.2, 0) is 16.6 Å². The highest BCUT2D eigenvalue weighted by Crippen LogP contribution is 2.26. The highest BCUT2D eigenvalue weighted by molar-refractivity contribution is 9.10. The quantitative estimate of drug-likeness (QED) is 0.821. The second kappa shape index (κ2) is 5.94. The molecule has 0 atom stereocenters. The summed E-state index contributed by atoms with van der Waals surface area (Å²) in [4.78, 5) is 0.376. The fraction of sp³-hybridized carbons (Fsp3) is 0.333. The van der Waals surface area contributed by atoms with Crippen LogP contribution in [0.3, 0.4) is 0 Å². The van der Waals surface area contributed by atoms with E-state index in [1.165, 1.54) is 4.31 Å². The van der Waals surface area contributed by atoms with Crippen LogP contribution < -0.4 is 0 Å². The molecular weight excluding hydrogens is 354 g/mol. The van der Waals surface area contributed by atoms with Crippen molar-refractivity contribution in [3.63, 3.8) is 0 Å². The Morgan fingerprint density at radius 3 is 2.19 bits per heavy atom. The van der Waals surface area contributed by atoms with E-state index in [-0.39, 0.29) is 6.54 Å². The summed E-state index contributed by atoms with van der Waals surface area (Å²) in [6, 6.07) is 7.28. The average Bonchev–Trinajstić information content (AvgIpc) is 2.72. The molecule has 0 saturated carbocycles. The van der Waals surface area contributed by atoms with Crippen LogP contribution in [0, 0.1) is 20.8 Å². The number of rotatable bonds is 4. The molecule has 0 unspecified atom stereocenters. The number of halogens is 1.